The van der Waals surface area contributed by atoms with Crippen LogP contribution in [0.2, 0.25) is 0 Å². The number of hydrogen-bond donors (Lipinski definition) is 1. The van der Waals surface area contributed by atoms with Crippen molar-refractivity contribution in [3.8, 4) is 16.9 Å². The van der Waals surface area contributed by atoms with Crippen LogP contribution in [0.5, 0.6) is 5.75 Å². The van der Waals surface area contributed by atoms with Crippen molar-refractivity contribution >= 4 is 5.95 Å². The van der Waals surface area contributed by atoms with Crippen LogP contribution in [0.15, 0.2) is 71.5 Å². The van der Waals surface area contributed by atoms with Crippen LogP contribution in [0.1, 0.15) is 23.1 Å². The van der Waals surface area contributed by atoms with E-state index in [1.54, 1.807) is 13.1 Å². The first-order valence-electron chi connectivity index (χ1n) is 9.19. The van der Waals surface area contributed by atoms with Crippen molar-refractivity contribution in [3.63, 3.8) is 0 Å². The van der Waals surface area contributed by atoms with E-state index in [4.69, 9.17) is 5.73 Å². The number of benzene rings is 2. The molecule has 2 atom stereocenters. The summed E-state index contributed by atoms with van der Waals surface area (Å²) in [5, 5.41) is 0. The van der Waals surface area contributed by atoms with Crippen molar-refractivity contribution in [2.24, 2.45) is 7.05 Å². The average molecular weight is 413 g/mol. The lowest BCUT2D eigenvalue weighted by Crippen LogP contribution is -2.25. The molecule has 0 spiro atoms. The van der Waals surface area contributed by atoms with Gasteiger partial charge in [-0.3, -0.25) is 9.36 Å². The lowest BCUT2D eigenvalue weighted by atomic mass is 9.75. The van der Waals surface area contributed by atoms with Crippen molar-refractivity contribution in [3.05, 3.63) is 88.4 Å². The maximum absolute atomic E-state index is 12.4. The van der Waals surface area contributed by atoms with Gasteiger partial charge in [0.15, 0.2) is 0 Å². The quantitative estimate of drug-likeness (QED) is 0.645. The standard InChI is InChI=1S/C22H18F3N3O2/c1-28-20(29)12-19(27-21(28)26)18-10-9-17(18)14-7-5-13(6-8-14)15-3-2-4-16(11-15)30-22(23,24)25/h2-12,17-18H,1H3,(H2,26,27). The third kappa shape index (κ3) is 3.94. The fourth-order valence-electron chi connectivity index (χ4n) is 3.45. The molecule has 1 aromatic heterocycles. The Kier molecular flexibility index (Phi) is 4.85. The van der Waals surface area contributed by atoms with Crippen molar-refractivity contribution in [1.82, 2.24) is 9.55 Å². The number of nitrogen functional groups attached to an aromatic ring is 1. The summed E-state index contributed by atoms with van der Waals surface area (Å²) in [5.74, 6) is -0.123. The molecule has 1 heterocycles. The van der Waals surface area contributed by atoms with E-state index in [0.29, 0.717) is 11.3 Å². The number of halogens is 3. The second-order valence-electron chi connectivity index (χ2n) is 7.07. The Bertz CT molecular complexity index is 1170. The maximum Gasteiger partial charge on any atom is 0.573 e. The van der Waals surface area contributed by atoms with Crippen LogP contribution in [0, 0.1) is 0 Å². The van der Waals surface area contributed by atoms with E-state index in [1.807, 2.05) is 36.4 Å². The van der Waals surface area contributed by atoms with Crippen LogP contribution >= 0.6 is 0 Å². The topological polar surface area (TPSA) is 70.1 Å². The molecule has 0 aliphatic heterocycles. The van der Waals surface area contributed by atoms with Crippen LogP contribution in [0.3, 0.4) is 0 Å². The second kappa shape index (κ2) is 7.37. The molecule has 1 aliphatic carbocycles. The van der Waals surface area contributed by atoms with Gasteiger partial charge >= 0.3 is 6.36 Å². The highest BCUT2D eigenvalue weighted by Gasteiger charge is 2.31. The van der Waals surface area contributed by atoms with Gasteiger partial charge in [-0.1, -0.05) is 48.6 Å². The lowest BCUT2D eigenvalue weighted by Gasteiger charge is -2.29. The van der Waals surface area contributed by atoms with Crippen LogP contribution in [0.4, 0.5) is 19.1 Å². The Morgan fingerprint density at radius 3 is 2.30 bits per heavy atom. The van der Waals surface area contributed by atoms with Crippen LogP contribution in [0.25, 0.3) is 11.1 Å². The summed E-state index contributed by atoms with van der Waals surface area (Å²) in [5.41, 5.74) is 8.60. The molecule has 0 saturated carbocycles. The smallest absolute Gasteiger partial charge is 0.406 e. The number of ether oxygens (including phenoxy) is 1. The van der Waals surface area contributed by atoms with Gasteiger partial charge in [-0.05, 0) is 28.8 Å². The highest BCUT2D eigenvalue weighted by Crippen LogP contribution is 2.42. The van der Waals surface area contributed by atoms with E-state index < -0.39 is 6.36 Å². The Labute approximate surface area is 170 Å². The number of hydrogen-bond acceptors (Lipinski definition) is 4. The fourth-order valence-corrected chi connectivity index (χ4v) is 3.45. The van der Waals surface area contributed by atoms with Gasteiger partial charge < -0.3 is 10.5 Å². The number of nitrogens with two attached hydrogens (primary N) is 1. The predicted molar refractivity (Wildman–Crippen MR) is 107 cm³/mol. The van der Waals surface area contributed by atoms with E-state index in [1.165, 1.54) is 28.8 Å². The van der Waals surface area contributed by atoms with Gasteiger partial charge in [-0.25, -0.2) is 4.98 Å². The van der Waals surface area contributed by atoms with E-state index in [2.05, 4.69) is 9.72 Å². The van der Waals surface area contributed by atoms with Crippen molar-refractivity contribution in [2.75, 3.05) is 5.73 Å². The fraction of sp³-hybridized carbons (Fsp3) is 0.182. The zero-order valence-corrected chi connectivity index (χ0v) is 15.9. The Balaban J connectivity index is 1.55. The third-order valence-electron chi connectivity index (χ3n) is 5.14. The first-order chi connectivity index (χ1) is 14.2. The average Bonchev–Trinajstić information content (AvgIpc) is 2.65. The molecule has 3 aromatic rings. The van der Waals surface area contributed by atoms with Gasteiger partial charge in [0.1, 0.15) is 5.75 Å². The zero-order chi connectivity index (χ0) is 21.5. The van der Waals surface area contributed by atoms with Crippen LogP contribution < -0.4 is 16.0 Å². The summed E-state index contributed by atoms with van der Waals surface area (Å²) >= 11 is 0. The molecule has 30 heavy (non-hydrogen) atoms. The van der Waals surface area contributed by atoms with E-state index >= 15 is 0 Å². The number of allylic oxidation sites excluding steroid dienone is 2. The minimum absolute atomic E-state index is 0.0398. The van der Waals surface area contributed by atoms with Crippen molar-refractivity contribution in [2.45, 2.75) is 18.2 Å². The van der Waals surface area contributed by atoms with Gasteiger partial charge in [0.25, 0.3) is 5.56 Å². The number of rotatable bonds is 4. The van der Waals surface area contributed by atoms with Crippen LogP contribution in [-0.4, -0.2) is 15.9 Å². The Hall–Kier alpha value is -3.55. The SMILES string of the molecule is Cn1c(N)nc(C2C=CC2c2ccc(-c3cccc(OC(F)(F)F)c3)cc2)cc1=O. The molecule has 2 aromatic carbocycles. The molecule has 0 bridgehead atoms. The van der Waals surface area contributed by atoms with Crippen molar-refractivity contribution < 1.29 is 17.9 Å². The van der Waals surface area contributed by atoms with Gasteiger partial charge in [-0.2, -0.15) is 0 Å². The summed E-state index contributed by atoms with van der Waals surface area (Å²) in [7, 11) is 1.57. The molecule has 0 radical (unpaired) electrons. The van der Waals surface area contributed by atoms with Gasteiger partial charge in [0.05, 0.1) is 5.69 Å². The Morgan fingerprint density at radius 2 is 1.70 bits per heavy atom. The van der Waals surface area contributed by atoms with E-state index in [0.717, 1.165) is 11.1 Å². The number of alkyl halides is 3. The molecule has 2 N–H and O–H groups in total. The van der Waals surface area contributed by atoms with E-state index in [9.17, 15) is 18.0 Å². The molecule has 0 amide bonds. The summed E-state index contributed by atoms with van der Waals surface area (Å²) in [4.78, 5) is 16.3. The normalized spacial score (nSPS) is 18.1. The monoisotopic (exact) mass is 413 g/mol. The lowest BCUT2D eigenvalue weighted by molar-refractivity contribution is -0.274. The van der Waals surface area contributed by atoms with Gasteiger partial charge in [0, 0.05) is 24.9 Å². The molecule has 2 unspecified atom stereocenters. The molecule has 4 rings (SSSR count). The highest BCUT2D eigenvalue weighted by atomic mass is 19.4. The minimum atomic E-state index is -4.73. The summed E-state index contributed by atoms with van der Waals surface area (Å²) in [6.45, 7) is 0. The van der Waals surface area contributed by atoms with E-state index in [-0.39, 0.29) is 29.1 Å². The molecule has 5 nitrogen and oxygen atoms in total. The molecule has 1 aliphatic rings. The molecule has 0 saturated heterocycles. The predicted octanol–water partition coefficient (Wildman–Crippen LogP) is 4.37. The first kappa shape index (κ1) is 19.8. The number of anilines is 1. The third-order valence-corrected chi connectivity index (χ3v) is 5.14. The Morgan fingerprint density at radius 1 is 1.00 bits per heavy atom. The van der Waals surface area contributed by atoms with Crippen LogP contribution in [-0.2, 0) is 7.05 Å². The molecular weight excluding hydrogens is 395 g/mol. The highest BCUT2D eigenvalue weighted by molar-refractivity contribution is 5.65. The van der Waals surface area contributed by atoms with Crippen molar-refractivity contribution in [1.29, 1.82) is 0 Å². The summed E-state index contributed by atoms with van der Waals surface area (Å²) in [6, 6.07) is 14.8. The largest absolute Gasteiger partial charge is 0.573 e. The maximum atomic E-state index is 12.4. The number of aromatic nitrogens is 2. The molecule has 154 valence electrons. The van der Waals surface area contributed by atoms with Gasteiger partial charge in [0.2, 0.25) is 5.95 Å². The van der Waals surface area contributed by atoms with Gasteiger partial charge in [-0.15, -0.1) is 13.2 Å². The molecule has 0 fully saturated rings. The second-order valence-corrected chi connectivity index (χ2v) is 7.07. The molecular formula is C22H18F3N3O2. The minimum Gasteiger partial charge on any atom is -0.406 e. The molecule has 8 heteroatoms. The first-order valence-corrected chi connectivity index (χ1v) is 9.19. The zero-order valence-electron chi connectivity index (χ0n) is 15.9. The summed E-state index contributed by atoms with van der Waals surface area (Å²) in [6.07, 6.45) is -0.742. The summed E-state index contributed by atoms with van der Waals surface area (Å²) < 4.78 is 42.6. The number of nitrogens with zero attached hydrogens (tertiary/aromatic N) is 2.